The Hall–Kier alpha value is -3.95. The summed E-state index contributed by atoms with van der Waals surface area (Å²) < 4.78 is 7.13. The molecule has 2 saturated heterocycles. The summed E-state index contributed by atoms with van der Waals surface area (Å²) in [5.41, 5.74) is 3.47. The van der Waals surface area contributed by atoms with Crippen LogP contribution in [0.1, 0.15) is 93.7 Å². The van der Waals surface area contributed by atoms with E-state index in [0.717, 1.165) is 66.9 Å². The van der Waals surface area contributed by atoms with Gasteiger partial charge in [0.05, 0.1) is 28.4 Å². The van der Waals surface area contributed by atoms with Gasteiger partial charge in [0, 0.05) is 31.6 Å². The Kier molecular flexibility index (Phi) is 12.8. The molecule has 7 rings (SSSR count). The van der Waals surface area contributed by atoms with Gasteiger partial charge in [-0.1, -0.05) is 86.7 Å². The van der Waals surface area contributed by atoms with Crippen LogP contribution in [0.25, 0.3) is 6.08 Å². The van der Waals surface area contributed by atoms with Gasteiger partial charge in [-0.3, -0.25) is 9.69 Å². The molecule has 3 fully saturated rings. The van der Waals surface area contributed by atoms with Crippen LogP contribution in [0.5, 0.6) is 0 Å². The van der Waals surface area contributed by atoms with E-state index in [9.17, 15) is 10.1 Å². The molecule has 2 aliphatic heterocycles. The fourth-order valence-electron chi connectivity index (χ4n) is 7.94. The number of rotatable bonds is 14. The average molecular weight is 778 g/mol. The van der Waals surface area contributed by atoms with Crippen molar-refractivity contribution in [3.05, 3.63) is 101 Å². The van der Waals surface area contributed by atoms with Crippen molar-refractivity contribution >= 4 is 40.2 Å². The highest BCUT2D eigenvalue weighted by atomic mass is 32.2. The van der Waals surface area contributed by atoms with Gasteiger partial charge in [-0.25, -0.2) is 9.97 Å². The molecule has 55 heavy (non-hydrogen) atoms. The third-order valence-corrected chi connectivity index (χ3v) is 13.5. The first kappa shape index (κ1) is 39.3. The minimum atomic E-state index is -0.217. The second kappa shape index (κ2) is 17.9. The standard InChI is InChI=1S/C44H55N7O2S2/c1-44(2,3)38-27-46-39(53-38)30-54-40-28-48-43(55-40)47-26-32-16-22-51(23-17-32)37-18-20-50(21-19-37)29-33-10-12-34(13-11-33)41(35-14-15-35)49(4)42(52)36(25-45)24-31-8-6-5-7-9-31/h5-13,24,27-28,32,35,37,41H,14-23,26,29-30H2,1-4H3,(H,47,48). The fraction of sp³-hybridized carbons (Fsp3) is 0.500. The second-order valence-corrected chi connectivity index (χ2v) is 18.8. The van der Waals surface area contributed by atoms with E-state index in [2.05, 4.69) is 76.2 Å². The zero-order valence-corrected chi connectivity index (χ0v) is 34.4. The van der Waals surface area contributed by atoms with Gasteiger partial charge in [0.15, 0.2) is 5.13 Å². The summed E-state index contributed by atoms with van der Waals surface area (Å²) in [5, 5.41) is 14.5. The number of amides is 1. The topological polar surface area (TPSA) is 102 Å². The molecule has 0 bridgehead atoms. The van der Waals surface area contributed by atoms with Crippen LogP contribution in [-0.2, 0) is 22.5 Å². The van der Waals surface area contributed by atoms with Crippen molar-refractivity contribution in [1.29, 1.82) is 5.26 Å². The van der Waals surface area contributed by atoms with E-state index < -0.39 is 0 Å². The lowest BCUT2D eigenvalue weighted by Gasteiger charge is -2.42. The minimum absolute atomic E-state index is 0.0205. The number of carbonyl (C=O) groups excluding carboxylic acids is 1. The van der Waals surface area contributed by atoms with E-state index >= 15 is 0 Å². The predicted molar refractivity (Wildman–Crippen MR) is 223 cm³/mol. The highest BCUT2D eigenvalue weighted by Gasteiger charge is 2.38. The number of likely N-dealkylation sites (N-methyl/N-ethyl adjacent to an activating group) is 1. The smallest absolute Gasteiger partial charge is 0.264 e. The Morgan fingerprint density at radius 3 is 2.40 bits per heavy atom. The van der Waals surface area contributed by atoms with Crippen molar-refractivity contribution in [1.82, 2.24) is 24.7 Å². The first-order chi connectivity index (χ1) is 26.6. The van der Waals surface area contributed by atoms with Crippen molar-refractivity contribution in [2.45, 2.75) is 93.3 Å². The number of aromatic nitrogens is 2. The van der Waals surface area contributed by atoms with E-state index in [1.165, 1.54) is 48.5 Å². The van der Waals surface area contributed by atoms with Gasteiger partial charge in [-0.15, -0.1) is 11.8 Å². The van der Waals surface area contributed by atoms with Crippen molar-refractivity contribution in [3.8, 4) is 6.07 Å². The molecule has 11 heteroatoms. The summed E-state index contributed by atoms with van der Waals surface area (Å²) in [5.74, 6) is 3.31. The maximum Gasteiger partial charge on any atom is 0.264 e. The molecule has 4 aromatic rings. The number of nitriles is 1. The lowest BCUT2D eigenvalue weighted by Crippen LogP contribution is -2.48. The molecular formula is C44H55N7O2S2. The number of likely N-dealkylation sites (tertiary alicyclic amines) is 2. The van der Waals surface area contributed by atoms with Crippen LogP contribution in [0.15, 0.2) is 81.2 Å². The molecule has 9 nitrogen and oxygen atoms in total. The number of anilines is 1. The minimum Gasteiger partial charge on any atom is -0.444 e. The lowest BCUT2D eigenvalue weighted by molar-refractivity contribution is -0.128. The number of nitrogens with zero attached hydrogens (tertiary/aromatic N) is 6. The molecule has 1 saturated carbocycles. The van der Waals surface area contributed by atoms with Crippen LogP contribution in [-0.4, -0.2) is 76.4 Å². The SMILES string of the molecule is CN(C(=O)C(C#N)=Cc1ccccc1)C(c1ccc(CN2CCC(N3CCC(CNc4ncc(SCc5ncc(C(C)(C)C)o5)s4)CC3)CC2)cc1)C1CC1. The molecular weight excluding hydrogens is 723 g/mol. The highest BCUT2D eigenvalue weighted by Crippen LogP contribution is 2.44. The number of oxazole rings is 1. The van der Waals surface area contributed by atoms with Crippen LogP contribution in [0.4, 0.5) is 5.13 Å². The van der Waals surface area contributed by atoms with E-state index in [-0.39, 0.29) is 22.9 Å². The van der Waals surface area contributed by atoms with Crippen LogP contribution < -0.4 is 5.32 Å². The van der Waals surface area contributed by atoms with Crippen molar-refractivity contribution in [2.75, 3.05) is 45.1 Å². The first-order valence-corrected chi connectivity index (χ1v) is 21.7. The summed E-state index contributed by atoms with van der Waals surface area (Å²) in [6.45, 7) is 13.0. The molecule has 0 spiro atoms. The van der Waals surface area contributed by atoms with Crippen molar-refractivity contribution < 1.29 is 9.21 Å². The summed E-state index contributed by atoms with van der Waals surface area (Å²) in [4.78, 5) is 29.7. The number of carbonyl (C=O) groups is 1. The van der Waals surface area contributed by atoms with Gasteiger partial charge in [0.25, 0.3) is 5.91 Å². The fourth-order valence-corrected chi connectivity index (χ4v) is 9.67. The molecule has 0 radical (unpaired) electrons. The Labute approximate surface area is 335 Å². The summed E-state index contributed by atoms with van der Waals surface area (Å²) in [6, 6.07) is 21.3. The average Bonchev–Trinajstić information content (AvgIpc) is 3.70. The Bertz CT molecular complexity index is 1920. The molecule has 2 aromatic carbocycles. The summed E-state index contributed by atoms with van der Waals surface area (Å²) in [7, 11) is 1.85. The summed E-state index contributed by atoms with van der Waals surface area (Å²) in [6.07, 6.45) is 12.6. The van der Waals surface area contributed by atoms with Crippen LogP contribution in [0.2, 0.25) is 0 Å². The number of benzene rings is 2. The van der Waals surface area contributed by atoms with Gasteiger partial charge in [-0.2, -0.15) is 5.26 Å². The van der Waals surface area contributed by atoms with Crippen molar-refractivity contribution in [3.63, 3.8) is 0 Å². The van der Waals surface area contributed by atoms with Gasteiger partial charge >= 0.3 is 0 Å². The number of thiazole rings is 1. The lowest BCUT2D eigenvalue weighted by atomic mass is 9.93. The number of piperidine rings is 2. The summed E-state index contributed by atoms with van der Waals surface area (Å²) >= 11 is 3.45. The zero-order chi connectivity index (χ0) is 38.4. The van der Waals surface area contributed by atoms with Crippen LogP contribution >= 0.6 is 23.1 Å². The molecule has 1 N–H and O–H groups in total. The quantitative estimate of drug-likeness (QED) is 0.0764. The number of thioether (sulfide) groups is 1. The number of hydrogen-bond acceptors (Lipinski definition) is 10. The maximum absolute atomic E-state index is 13.5. The maximum atomic E-state index is 13.5. The highest BCUT2D eigenvalue weighted by molar-refractivity contribution is 8.00. The first-order valence-electron chi connectivity index (χ1n) is 19.9. The molecule has 1 amide bonds. The van der Waals surface area contributed by atoms with Gasteiger partial charge < -0.3 is 19.5 Å². The normalized spacial score (nSPS) is 18.6. The molecule has 1 unspecified atom stereocenters. The molecule has 1 atom stereocenters. The Balaban J connectivity index is 0.820. The largest absolute Gasteiger partial charge is 0.444 e. The Morgan fingerprint density at radius 1 is 1.02 bits per heavy atom. The van der Waals surface area contributed by atoms with E-state index in [1.54, 1.807) is 34.1 Å². The van der Waals surface area contributed by atoms with Gasteiger partial charge in [0.2, 0.25) is 5.89 Å². The second-order valence-electron chi connectivity index (χ2n) is 16.5. The molecule has 4 heterocycles. The van der Waals surface area contributed by atoms with Gasteiger partial charge in [-0.05, 0) is 99.3 Å². The predicted octanol–water partition coefficient (Wildman–Crippen LogP) is 9.03. The van der Waals surface area contributed by atoms with E-state index in [4.69, 9.17) is 4.42 Å². The van der Waals surface area contributed by atoms with Crippen molar-refractivity contribution in [2.24, 2.45) is 11.8 Å². The molecule has 2 aromatic heterocycles. The van der Waals surface area contributed by atoms with Gasteiger partial charge in [0.1, 0.15) is 17.4 Å². The van der Waals surface area contributed by atoms with Crippen LogP contribution in [0.3, 0.4) is 0 Å². The Morgan fingerprint density at radius 2 is 1.75 bits per heavy atom. The molecule has 3 aliphatic rings. The zero-order valence-electron chi connectivity index (χ0n) is 32.7. The monoisotopic (exact) mass is 777 g/mol. The van der Waals surface area contributed by atoms with E-state index in [1.807, 2.05) is 49.8 Å². The third kappa shape index (κ3) is 10.5. The molecule has 290 valence electrons. The number of nitrogens with one attached hydrogen (secondary N) is 1. The van der Waals surface area contributed by atoms with Crippen LogP contribution in [0, 0.1) is 23.2 Å². The van der Waals surface area contributed by atoms with E-state index in [0.29, 0.717) is 23.6 Å². The number of hydrogen-bond donors (Lipinski definition) is 1. The molecule has 1 aliphatic carbocycles. The third-order valence-electron chi connectivity index (χ3n) is 11.4.